The van der Waals surface area contributed by atoms with Crippen LogP contribution in [0, 0.1) is 0 Å². The molecule has 1 amide bonds. The normalized spacial score (nSPS) is 13.7. The van der Waals surface area contributed by atoms with Gasteiger partial charge in [-0.25, -0.2) is 4.98 Å². The Labute approximate surface area is 206 Å². The van der Waals surface area contributed by atoms with Crippen molar-refractivity contribution < 1.29 is 4.79 Å². The van der Waals surface area contributed by atoms with Crippen LogP contribution in [0.2, 0.25) is 0 Å². The lowest BCUT2D eigenvalue weighted by molar-refractivity contribution is 0.0951. The van der Waals surface area contributed by atoms with Crippen molar-refractivity contribution in [2.75, 3.05) is 55.0 Å². The zero-order valence-electron chi connectivity index (χ0n) is 20.3. The number of hydrogen-bond donors (Lipinski definition) is 1. The first kappa shape index (κ1) is 22.7. The molecule has 1 aliphatic heterocycles. The van der Waals surface area contributed by atoms with Crippen LogP contribution in [-0.4, -0.2) is 51.2 Å². The maximum atomic E-state index is 13.0. The van der Waals surface area contributed by atoms with Gasteiger partial charge in [0.05, 0.1) is 0 Å². The molecule has 4 aromatic rings. The Morgan fingerprint density at radius 1 is 0.886 bits per heavy atom. The molecule has 0 atom stereocenters. The summed E-state index contributed by atoms with van der Waals surface area (Å²) in [4.78, 5) is 24.5. The van der Waals surface area contributed by atoms with Gasteiger partial charge >= 0.3 is 0 Å². The van der Waals surface area contributed by atoms with Gasteiger partial charge in [0.15, 0.2) is 0 Å². The van der Waals surface area contributed by atoms with Gasteiger partial charge in [-0.2, -0.15) is 0 Å². The fourth-order valence-electron chi connectivity index (χ4n) is 4.56. The van der Waals surface area contributed by atoms with Crippen molar-refractivity contribution in [1.29, 1.82) is 0 Å². The Balaban J connectivity index is 1.29. The van der Waals surface area contributed by atoms with Gasteiger partial charge in [-0.05, 0) is 53.4 Å². The summed E-state index contributed by atoms with van der Waals surface area (Å²) < 4.78 is 0. The minimum absolute atomic E-state index is 0.0766. The van der Waals surface area contributed by atoms with E-state index in [0.717, 1.165) is 54.0 Å². The molecule has 2 heterocycles. The maximum Gasteiger partial charge on any atom is 0.251 e. The number of piperazine rings is 1. The quantitative estimate of drug-likeness (QED) is 0.453. The third kappa shape index (κ3) is 5.06. The number of benzene rings is 3. The largest absolute Gasteiger partial charge is 0.378 e. The average Bonchev–Trinajstić information content (AvgIpc) is 2.92. The summed E-state index contributed by atoms with van der Waals surface area (Å²) in [6.07, 6.45) is 1.86. The number of amides is 1. The first-order valence-corrected chi connectivity index (χ1v) is 12.1. The van der Waals surface area contributed by atoms with Crippen LogP contribution in [0.5, 0.6) is 0 Å². The Morgan fingerprint density at radius 2 is 1.60 bits per heavy atom. The summed E-state index contributed by atoms with van der Waals surface area (Å²) in [5, 5.41) is 5.17. The van der Waals surface area contributed by atoms with Crippen LogP contribution in [0.4, 0.5) is 17.2 Å². The van der Waals surface area contributed by atoms with Crippen molar-refractivity contribution >= 4 is 33.9 Å². The molecule has 5 rings (SSSR count). The molecular formula is C29H31N5O. The number of nitrogens with zero attached hydrogens (tertiary/aromatic N) is 4. The molecule has 0 unspecified atom stereocenters. The van der Waals surface area contributed by atoms with Crippen LogP contribution in [-0.2, 0) is 6.54 Å². The standard InChI is InChI=1S/C29H31N5O/c1-32(2)25-12-8-22(9-13-25)21-31-29(35)24-11-10-23-14-15-30-28(27(23)20-24)34-18-16-33(17-19-34)26-6-4-3-5-7-26/h3-15,20H,16-19,21H2,1-2H3,(H,31,35). The van der Waals surface area contributed by atoms with Gasteiger partial charge in [0, 0.05) is 75.3 Å². The fraction of sp³-hybridized carbons (Fsp3) is 0.241. The minimum atomic E-state index is -0.0766. The SMILES string of the molecule is CN(C)c1ccc(CNC(=O)c2ccc3ccnc(N4CCN(c5ccccc5)CC4)c3c2)cc1. The number of hydrogen-bond acceptors (Lipinski definition) is 5. The van der Waals surface area contributed by atoms with Gasteiger partial charge in [0.25, 0.3) is 5.91 Å². The highest BCUT2D eigenvalue weighted by Crippen LogP contribution is 2.27. The van der Waals surface area contributed by atoms with E-state index in [2.05, 4.69) is 56.4 Å². The number of carbonyl (C=O) groups excluding carboxylic acids is 1. The second-order valence-corrected chi connectivity index (χ2v) is 9.12. The molecule has 6 heteroatoms. The van der Waals surface area contributed by atoms with Crippen LogP contribution >= 0.6 is 0 Å². The maximum absolute atomic E-state index is 13.0. The van der Waals surface area contributed by atoms with Gasteiger partial charge in [-0.3, -0.25) is 4.79 Å². The van der Waals surface area contributed by atoms with E-state index >= 15 is 0 Å². The second-order valence-electron chi connectivity index (χ2n) is 9.12. The molecule has 0 saturated carbocycles. The van der Waals surface area contributed by atoms with Crippen molar-refractivity contribution in [2.24, 2.45) is 0 Å². The van der Waals surface area contributed by atoms with E-state index in [-0.39, 0.29) is 5.91 Å². The molecule has 0 bridgehead atoms. The lowest BCUT2D eigenvalue weighted by atomic mass is 10.1. The monoisotopic (exact) mass is 465 g/mol. The number of carbonyl (C=O) groups is 1. The van der Waals surface area contributed by atoms with E-state index in [1.807, 2.05) is 62.8 Å². The number of para-hydroxylation sites is 1. The zero-order chi connectivity index (χ0) is 24.2. The van der Waals surface area contributed by atoms with E-state index in [1.54, 1.807) is 0 Å². The molecule has 0 aliphatic carbocycles. The zero-order valence-corrected chi connectivity index (χ0v) is 20.3. The highest BCUT2D eigenvalue weighted by atomic mass is 16.1. The van der Waals surface area contributed by atoms with Crippen molar-refractivity contribution in [1.82, 2.24) is 10.3 Å². The molecule has 1 fully saturated rings. The predicted molar refractivity (Wildman–Crippen MR) is 145 cm³/mol. The van der Waals surface area contributed by atoms with E-state index in [0.29, 0.717) is 12.1 Å². The van der Waals surface area contributed by atoms with E-state index in [4.69, 9.17) is 4.98 Å². The smallest absolute Gasteiger partial charge is 0.251 e. The summed E-state index contributed by atoms with van der Waals surface area (Å²) in [6.45, 7) is 4.15. The third-order valence-electron chi connectivity index (χ3n) is 6.61. The number of nitrogens with one attached hydrogen (secondary N) is 1. The van der Waals surface area contributed by atoms with Gasteiger partial charge in [0.1, 0.15) is 5.82 Å². The van der Waals surface area contributed by atoms with Crippen molar-refractivity contribution in [3.05, 3.63) is 96.2 Å². The molecule has 1 aromatic heterocycles. The summed E-state index contributed by atoms with van der Waals surface area (Å²) in [6, 6.07) is 26.7. The van der Waals surface area contributed by atoms with Crippen molar-refractivity contribution in [2.45, 2.75) is 6.54 Å². The Hall–Kier alpha value is -4.06. The molecule has 3 aromatic carbocycles. The average molecular weight is 466 g/mol. The molecule has 0 radical (unpaired) electrons. The van der Waals surface area contributed by atoms with Crippen LogP contribution in [0.25, 0.3) is 10.8 Å². The van der Waals surface area contributed by atoms with Crippen molar-refractivity contribution in [3.63, 3.8) is 0 Å². The molecule has 6 nitrogen and oxygen atoms in total. The predicted octanol–water partition coefficient (Wildman–Crippen LogP) is 4.56. The van der Waals surface area contributed by atoms with Crippen LogP contribution in [0.15, 0.2) is 85.1 Å². The highest BCUT2D eigenvalue weighted by molar-refractivity contribution is 6.01. The van der Waals surface area contributed by atoms with Gasteiger partial charge < -0.3 is 20.0 Å². The van der Waals surface area contributed by atoms with Gasteiger partial charge in [-0.1, -0.05) is 36.4 Å². The number of aromatic nitrogens is 1. The molecule has 1 N–H and O–H groups in total. The molecule has 0 spiro atoms. The first-order chi connectivity index (χ1) is 17.1. The number of pyridine rings is 1. The Kier molecular flexibility index (Phi) is 6.53. The number of anilines is 3. The molecule has 1 saturated heterocycles. The topological polar surface area (TPSA) is 51.7 Å². The van der Waals surface area contributed by atoms with E-state index in [1.165, 1.54) is 5.69 Å². The van der Waals surface area contributed by atoms with Crippen LogP contribution in [0.1, 0.15) is 15.9 Å². The summed E-state index contributed by atoms with van der Waals surface area (Å²) >= 11 is 0. The number of rotatable bonds is 6. The summed E-state index contributed by atoms with van der Waals surface area (Å²) in [5.41, 5.74) is 4.12. The highest BCUT2D eigenvalue weighted by Gasteiger charge is 2.20. The molecular weight excluding hydrogens is 434 g/mol. The molecule has 35 heavy (non-hydrogen) atoms. The Morgan fingerprint density at radius 3 is 2.31 bits per heavy atom. The minimum Gasteiger partial charge on any atom is -0.378 e. The second kappa shape index (κ2) is 10.1. The van der Waals surface area contributed by atoms with Crippen LogP contribution in [0.3, 0.4) is 0 Å². The van der Waals surface area contributed by atoms with E-state index in [9.17, 15) is 4.79 Å². The van der Waals surface area contributed by atoms with Gasteiger partial charge in [-0.15, -0.1) is 0 Å². The lowest BCUT2D eigenvalue weighted by Gasteiger charge is -2.37. The third-order valence-corrected chi connectivity index (χ3v) is 6.61. The van der Waals surface area contributed by atoms with Crippen LogP contribution < -0.4 is 20.0 Å². The molecule has 178 valence electrons. The lowest BCUT2D eigenvalue weighted by Crippen LogP contribution is -2.46. The first-order valence-electron chi connectivity index (χ1n) is 12.1. The summed E-state index contributed by atoms with van der Waals surface area (Å²) in [7, 11) is 4.03. The molecule has 1 aliphatic rings. The fourth-order valence-corrected chi connectivity index (χ4v) is 4.56. The summed E-state index contributed by atoms with van der Waals surface area (Å²) in [5.74, 6) is 0.872. The Bertz CT molecular complexity index is 1300. The van der Waals surface area contributed by atoms with Crippen molar-refractivity contribution in [3.8, 4) is 0 Å². The van der Waals surface area contributed by atoms with Gasteiger partial charge in [0.2, 0.25) is 0 Å². The number of fused-ring (bicyclic) bond motifs is 1. The van der Waals surface area contributed by atoms with E-state index < -0.39 is 0 Å².